The monoisotopic (exact) mass is 498 g/mol. The number of hydrogen-bond acceptors (Lipinski definition) is 5. The summed E-state index contributed by atoms with van der Waals surface area (Å²) in [6, 6.07) is 29.0. The average molecular weight is 499 g/mol. The number of nitrogens with zero attached hydrogens (tertiary/aromatic N) is 1. The van der Waals surface area contributed by atoms with Gasteiger partial charge in [0.05, 0.1) is 18.0 Å². The Morgan fingerprint density at radius 1 is 0.861 bits per heavy atom. The van der Waals surface area contributed by atoms with Crippen LogP contribution in [0.1, 0.15) is 5.56 Å². The number of benzene rings is 4. The Morgan fingerprint density at radius 2 is 1.58 bits per heavy atom. The normalized spacial score (nSPS) is 15.4. The molecule has 36 heavy (non-hydrogen) atoms. The van der Waals surface area contributed by atoms with Crippen molar-refractivity contribution in [2.75, 3.05) is 16.2 Å². The second-order valence-corrected chi connectivity index (χ2v) is 10.5. The summed E-state index contributed by atoms with van der Waals surface area (Å²) < 4.78 is 39.9. The van der Waals surface area contributed by atoms with Crippen LogP contribution in [-0.4, -0.2) is 27.0 Å². The van der Waals surface area contributed by atoms with E-state index in [1.54, 1.807) is 60.7 Å². The van der Waals surface area contributed by atoms with Gasteiger partial charge in [-0.1, -0.05) is 60.7 Å². The van der Waals surface area contributed by atoms with Gasteiger partial charge in [0, 0.05) is 22.5 Å². The molecule has 0 saturated carbocycles. The second-order valence-electron chi connectivity index (χ2n) is 8.65. The number of furan rings is 1. The fraction of sp³-hybridized carbons (Fsp3) is 0.107. The Morgan fingerprint density at radius 3 is 2.44 bits per heavy atom. The topological polar surface area (TPSA) is 88.9 Å². The average Bonchev–Trinajstić information content (AvgIpc) is 3.26. The molecule has 0 saturated heterocycles. The van der Waals surface area contributed by atoms with Gasteiger partial charge in [0.25, 0.3) is 5.91 Å². The Bertz CT molecular complexity index is 1700. The van der Waals surface area contributed by atoms with Gasteiger partial charge in [-0.25, -0.2) is 8.42 Å². The SMILES string of the molecule is O=C(Nc1ccc2c(c1)oc1ccccc12)[C@@H]1CN(S(=O)(=O)Cc2ccccc2)c2ccccc2O1. The van der Waals surface area contributed by atoms with Crippen LogP contribution >= 0.6 is 0 Å². The summed E-state index contributed by atoms with van der Waals surface area (Å²) in [5.74, 6) is -0.285. The lowest BCUT2D eigenvalue weighted by atomic mass is 10.1. The van der Waals surface area contributed by atoms with Gasteiger partial charge in [-0.2, -0.15) is 0 Å². The molecular weight excluding hydrogens is 476 g/mol. The zero-order valence-corrected chi connectivity index (χ0v) is 19.9. The third kappa shape index (κ3) is 4.05. The Hall–Kier alpha value is -4.30. The molecule has 0 fully saturated rings. The summed E-state index contributed by atoms with van der Waals surface area (Å²) in [6.07, 6.45) is -1.03. The Labute approximate surface area is 208 Å². The highest BCUT2D eigenvalue weighted by atomic mass is 32.2. The minimum absolute atomic E-state index is 0.134. The lowest BCUT2D eigenvalue weighted by Gasteiger charge is -2.34. The quantitative estimate of drug-likeness (QED) is 0.354. The van der Waals surface area contributed by atoms with Gasteiger partial charge >= 0.3 is 0 Å². The molecule has 6 rings (SSSR count). The van der Waals surface area contributed by atoms with Gasteiger partial charge in [0.15, 0.2) is 6.10 Å². The number of sulfonamides is 1. The molecule has 180 valence electrons. The molecule has 0 bridgehead atoms. The van der Waals surface area contributed by atoms with Gasteiger partial charge in [-0.05, 0) is 35.9 Å². The highest BCUT2D eigenvalue weighted by Crippen LogP contribution is 2.36. The van der Waals surface area contributed by atoms with E-state index < -0.39 is 22.0 Å². The minimum atomic E-state index is -3.77. The molecule has 4 aromatic carbocycles. The van der Waals surface area contributed by atoms with E-state index >= 15 is 0 Å². The van der Waals surface area contributed by atoms with Gasteiger partial charge in [-0.15, -0.1) is 0 Å². The Kier molecular flexibility index (Phi) is 5.38. The number of ether oxygens (including phenoxy) is 1. The summed E-state index contributed by atoms with van der Waals surface area (Å²) in [6.45, 7) is -0.134. The van der Waals surface area contributed by atoms with Gasteiger partial charge < -0.3 is 14.5 Å². The largest absolute Gasteiger partial charge is 0.476 e. The van der Waals surface area contributed by atoms with E-state index in [9.17, 15) is 13.2 Å². The zero-order chi connectivity index (χ0) is 24.7. The van der Waals surface area contributed by atoms with Crippen molar-refractivity contribution in [3.8, 4) is 5.75 Å². The fourth-order valence-electron chi connectivity index (χ4n) is 4.49. The summed E-state index contributed by atoms with van der Waals surface area (Å²) in [4.78, 5) is 13.2. The van der Waals surface area contributed by atoms with Crippen molar-refractivity contribution >= 4 is 49.2 Å². The lowest BCUT2D eigenvalue weighted by molar-refractivity contribution is -0.122. The molecule has 1 aromatic heterocycles. The van der Waals surface area contributed by atoms with Crippen LogP contribution in [0.4, 0.5) is 11.4 Å². The zero-order valence-electron chi connectivity index (χ0n) is 19.1. The predicted octanol–water partition coefficient (Wildman–Crippen LogP) is 5.32. The van der Waals surface area contributed by atoms with Crippen LogP contribution in [0, 0.1) is 0 Å². The standard InChI is InChI=1S/C28H22N2O5S/c31-28(29-20-14-15-22-21-10-4-6-12-24(21)34-26(22)16-20)27-17-30(23-11-5-7-13-25(23)35-27)36(32,33)18-19-8-2-1-3-9-19/h1-16,27H,17-18H2,(H,29,31)/t27-/m0/s1. The van der Waals surface area contributed by atoms with Crippen molar-refractivity contribution < 1.29 is 22.4 Å². The van der Waals surface area contributed by atoms with Crippen molar-refractivity contribution in [2.45, 2.75) is 11.9 Å². The summed E-state index contributed by atoms with van der Waals surface area (Å²) >= 11 is 0. The highest BCUT2D eigenvalue weighted by Gasteiger charge is 2.36. The van der Waals surface area contributed by atoms with E-state index in [1.807, 2.05) is 36.4 Å². The molecule has 0 radical (unpaired) electrons. The van der Waals surface area contributed by atoms with Gasteiger partial charge in [0.2, 0.25) is 10.0 Å². The molecule has 2 heterocycles. The van der Waals surface area contributed by atoms with Crippen molar-refractivity contribution in [1.29, 1.82) is 0 Å². The van der Waals surface area contributed by atoms with Crippen LogP contribution in [0.5, 0.6) is 5.75 Å². The molecule has 0 unspecified atom stereocenters. The molecule has 1 aliphatic heterocycles. The van der Waals surface area contributed by atoms with Crippen molar-refractivity contribution in [1.82, 2.24) is 0 Å². The number of para-hydroxylation sites is 3. The maximum Gasteiger partial charge on any atom is 0.267 e. The van der Waals surface area contributed by atoms with Crippen LogP contribution in [0.15, 0.2) is 101 Å². The van der Waals surface area contributed by atoms with E-state index in [0.717, 1.165) is 16.4 Å². The first-order valence-corrected chi connectivity index (χ1v) is 13.1. The molecule has 1 atom stereocenters. The van der Waals surface area contributed by atoms with E-state index in [0.29, 0.717) is 28.3 Å². The summed E-state index contributed by atoms with van der Waals surface area (Å²) in [5, 5.41) is 4.80. The van der Waals surface area contributed by atoms with Crippen LogP contribution < -0.4 is 14.4 Å². The lowest BCUT2D eigenvalue weighted by Crippen LogP contribution is -2.49. The molecule has 0 aliphatic carbocycles. The van der Waals surface area contributed by atoms with Crippen LogP contribution in [0.25, 0.3) is 21.9 Å². The van der Waals surface area contributed by atoms with Crippen LogP contribution in [0.3, 0.4) is 0 Å². The fourth-order valence-corrected chi connectivity index (χ4v) is 6.07. The molecule has 5 aromatic rings. The number of amides is 1. The number of rotatable bonds is 5. The van der Waals surface area contributed by atoms with Crippen LogP contribution in [-0.2, 0) is 20.6 Å². The van der Waals surface area contributed by atoms with Crippen molar-refractivity contribution in [2.24, 2.45) is 0 Å². The molecule has 1 N–H and O–H groups in total. The van der Waals surface area contributed by atoms with Gasteiger partial charge in [-0.3, -0.25) is 9.10 Å². The summed E-state index contributed by atoms with van der Waals surface area (Å²) in [5.41, 5.74) is 3.04. The summed E-state index contributed by atoms with van der Waals surface area (Å²) in [7, 11) is -3.77. The molecule has 8 heteroatoms. The number of carbonyl (C=O) groups excluding carboxylic acids is 1. The maximum absolute atomic E-state index is 13.4. The van der Waals surface area contributed by atoms with Gasteiger partial charge in [0.1, 0.15) is 16.9 Å². The molecular formula is C28H22N2O5S. The number of hydrogen-bond donors (Lipinski definition) is 1. The minimum Gasteiger partial charge on any atom is -0.476 e. The Balaban J connectivity index is 1.27. The first-order valence-electron chi connectivity index (χ1n) is 11.5. The molecule has 1 aliphatic rings. The van der Waals surface area contributed by atoms with Crippen molar-refractivity contribution in [3.05, 3.63) is 103 Å². The number of nitrogens with one attached hydrogen (secondary N) is 1. The number of anilines is 2. The first kappa shape index (κ1) is 22.2. The first-order chi connectivity index (χ1) is 17.5. The van der Waals surface area contributed by atoms with E-state index in [4.69, 9.17) is 9.15 Å². The third-order valence-electron chi connectivity index (χ3n) is 6.20. The molecule has 1 amide bonds. The maximum atomic E-state index is 13.4. The number of fused-ring (bicyclic) bond motifs is 4. The second kappa shape index (κ2) is 8.73. The third-order valence-corrected chi connectivity index (χ3v) is 7.92. The smallest absolute Gasteiger partial charge is 0.267 e. The highest BCUT2D eigenvalue weighted by molar-refractivity contribution is 7.92. The van der Waals surface area contributed by atoms with Crippen LogP contribution in [0.2, 0.25) is 0 Å². The van der Waals surface area contributed by atoms with E-state index in [1.165, 1.54) is 4.31 Å². The number of carbonyl (C=O) groups is 1. The van der Waals surface area contributed by atoms with E-state index in [-0.39, 0.29) is 12.3 Å². The van der Waals surface area contributed by atoms with E-state index in [2.05, 4.69) is 5.32 Å². The predicted molar refractivity (Wildman–Crippen MR) is 140 cm³/mol. The molecule has 0 spiro atoms. The van der Waals surface area contributed by atoms with Crippen molar-refractivity contribution in [3.63, 3.8) is 0 Å². The molecule has 7 nitrogen and oxygen atoms in total.